The second kappa shape index (κ2) is 6.48. The van der Waals surface area contributed by atoms with Crippen LogP contribution >= 0.6 is 11.3 Å². The lowest BCUT2D eigenvalue weighted by Crippen LogP contribution is -2.15. The molecule has 2 aromatic rings. The van der Waals surface area contributed by atoms with E-state index in [4.69, 9.17) is 0 Å². The van der Waals surface area contributed by atoms with Gasteiger partial charge in [-0.3, -0.25) is 0 Å². The van der Waals surface area contributed by atoms with E-state index < -0.39 is 6.10 Å². The Morgan fingerprint density at radius 2 is 2.05 bits per heavy atom. The van der Waals surface area contributed by atoms with Gasteiger partial charge in [0.05, 0.1) is 16.7 Å². The van der Waals surface area contributed by atoms with Gasteiger partial charge in [0.1, 0.15) is 5.01 Å². The fourth-order valence-corrected chi connectivity index (χ4v) is 3.21. The molecule has 0 aliphatic heterocycles. The van der Waals surface area contributed by atoms with Crippen LogP contribution in [0.15, 0.2) is 24.3 Å². The molecule has 1 unspecified atom stereocenters. The summed E-state index contributed by atoms with van der Waals surface area (Å²) in [6, 6.07) is 8.33. The van der Waals surface area contributed by atoms with E-state index in [0.717, 1.165) is 34.1 Å². The molecule has 0 aliphatic rings. The molecule has 0 saturated carbocycles. The number of aryl methyl sites for hydroxylation is 2. The van der Waals surface area contributed by atoms with Crippen molar-refractivity contribution >= 4 is 11.3 Å². The van der Waals surface area contributed by atoms with Gasteiger partial charge < -0.3 is 10.0 Å². The first kappa shape index (κ1) is 15.2. The number of hydrogen-bond acceptors (Lipinski definition) is 4. The average Bonchev–Trinajstić information content (AvgIpc) is 2.78. The fraction of sp³-hybridized carbons (Fsp3) is 0.438. The maximum Gasteiger partial charge on any atom is 0.123 e. The minimum Gasteiger partial charge on any atom is -0.387 e. The van der Waals surface area contributed by atoms with Gasteiger partial charge in [-0.05, 0) is 40.4 Å². The molecule has 0 spiro atoms. The number of thiazole rings is 1. The first-order chi connectivity index (χ1) is 9.47. The van der Waals surface area contributed by atoms with E-state index >= 15 is 0 Å². The number of nitrogens with zero attached hydrogens (tertiary/aromatic N) is 2. The van der Waals surface area contributed by atoms with Gasteiger partial charge in [-0.1, -0.05) is 23.8 Å². The fourth-order valence-electron chi connectivity index (χ4n) is 2.13. The highest BCUT2D eigenvalue weighted by atomic mass is 32.1. The van der Waals surface area contributed by atoms with Gasteiger partial charge in [0.2, 0.25) is 0 Å². The van der Waals surface area contributed by atoms with Crippen LogP contribution in [0.2, 0.25) is 0 Å². The molecule has 0 amide bonds. The van der Waals surface area contributed by atoms with Crippen molar-refractivity contribution in [2.45, 2.75) is 26.4 Å². The topological polar surface area (TPSA) is 36.4 Å². The second-order valence-electron chi connectivity index (χ2n) is 5.45. The second-order valence-corrected chi connectivity index (χ2v) is 6.48. The molecule has 2 rings (SSSR count). The van der Waals surface area contributed by atoms with Crippen LogP contribution in [0.4, 0.5) is 0 Å². The Hall–Kier alpha value is -1.23. The molecule has 1 heterocycles. The van der Waals surface area contributed by atoms with E-state index in [0.29, 0.717) is 0 Å². The summed E-state index contributed by atoms with van der Waals surface area (Å²) in [5.41, 5.74) is 3.30. The van der Waals surface area contributed by atoms with Crippen molar-refractivity contribution in [1.82, 2.24) is 9.88 Å². The van der Waals surface area contributed by atoms with E-state index in [1.807, 2.05) is 27.1 Å². The number of hydrogen-bond donors (Lipinski definition) is 1. The lowest BCUT2D eigenvalue weighted by molar-refractivity contribution is 0.157. The summed E-state index contributed by atoms with van der Waals surface area (Å²) < 4.78 is 0. The Bertz CT molecular complexity index is 578. The molecule has 4 heteroatoms. The van der Waals surface area contributed by atoms with Gasteiger partial charge >= 0.3 is 0 Å². The molecule has 0 aliphatic carbocycles. The maximum atomic E-state index is 10.3. The summed E-state index contributed by atoms with van der Waals surface area (Å²) in [4.78, 5) is 7.69. The third-order valence-electron chi connectivity index (χ3n) is 3.25. The van der Waals surface area contributed by atoms with Crippen molar-refractivity contribution in [3.63, 3.8) is 0 Å². The lowest BCUT2D eigenvalue weighted by atomic mass is 10.1. The van der Waals surface area contributed by atoms with Crippen molar-refractivity contribution in [2.24, 2.45) is 0 Å². The highest BCUT2D eigenvalue weighted by Gasteiger charge is 2.16. The molecule has 0 fully saturated rings. The van der Waals surface area contributed by atoms with Crippen LogP contribution in [-0.4, -0.2) is 35.6 Å². The van der Waals surface area contributed by atoms with Gasteiger partial charge in [0.25, 0.3) is 0 Å². The molecule has 1 aromatic heterocycles. The Morgan fingerprint density at radius 1 is 1.30 bits per heavy atom. The molecule has 3 nitrogen and oxygen atoms in total. The molecule has 0 saturated heterocycles. The summed E-state index contributed by atoms with van der Waals surface area (Å²) in [5.74, 6) is 0. The van der Waals surface area contributed by atoms with E-state index in [2.05, 4.69) is 35.0 Å². The number of aromatic nitrogens is 1. The van der Waals surface area contributed by atoms with Crippen LogP contribution in [0.3, 0.4) is 0 Å². The minimum absolute atomic E-state index is 0.423. The predicted molar refractivity (Wildman–Crippen MR) is 85.2 cm³/mol. The van der Waals surface area contributed by atoms with Crippen LogP contribution in [-0.2, 0) is 0 Å². The van der Waals surface area contributed by atoms with Crippen molar-refractivity contribution in [1.29, 1.82) is 0 Å². The van der Waals surface area contributed by atoms with Crippen LogP contribution in [0.25, 0.3) is 10.6 Å². The van der Waals surface area contributed by atoms with E-state index in [1.165, 1.54) is 5.56 Å². The summed E-state index contributed by atoms with van der Waals surface area (Å²) in [6.07, 6.45) is 0.317. The van der Waals surface area contributed by atoms with Gasteiger partial charge in [0.15, 0.2) is 0 Å². The number of aliphatic hydroxyl groups is 1. The van der Waals surface area contributed by atoms with Gasteiger partial charge in [-0.15, -0.1) is 11.3 Å². The van der Waals surface area contributed by atoms with Gasteiger partial charge in [-0.25, -0.2) is 4.98 Å². The van der Waals surface area contributed by atoms with Crippen LogP contribution in [0.1, 0.15) is 28.7 Å². The highest BCUT2D eigenvalue weighted by Crippen LogP contribution is 2.33. The quantitative estimate of drug-likeness (QED) is 0.916. The Kier molecular flexibility index (Phi) is 4.91. The molecule has 108 valence electrons. The standard InChI is InChI=1S/C16H22N2OS/c1-11-6-5-7-13(10-11)16-17-12(2)15(20-16)14(19)8-9-18(3)4/h5-7,10,14,19H,8-9H2,1-4H3. The first-order valence-corrected chi connectivity index (χ1v) is 7.66. The third kappa shape index (κ3) is 3.66. The number of rotatable bonds is 5. The van der Waals surface area contributed by atoms with Crippen LogP contribution < -0.4 is 0 Å². The molecule has 1 aromatic carbocycles. The Morgan fingerprint density at radius 3 is 2.70 bits per heavy atom. The Labute approximate surface area is 124 Å². The molecular formula is C16H22N2OS. The van der Waals surface area contributed by atoms with E-state index in [9.17, 15) is 5.11 Å². The van der Waals surface area contributed by atoms with Crippen molar-refractivity contribution < 1.29 is 5.11 Å². The monoisotopic (exact) mass is 290 g/mol. The number of aliphatic hydroxyl groups excluding tert-OH is 1. The van der Waals surface area contributed by atoms with Gasteiger partial charge in [-0.2, -0.15) is 0 Å². The zero-order valence-electron chi connectivity index (χ0n) is 12.6. The lowest BCUT2D eigenvalue weighted by Gasteiger charge is -2.13. The van der Waals surface area contributed by atoms with E-state index in [-0.39, 0.29) is 0 Å². The van der Waals surface area contributed by atoms with Gasteiger partial charge in [0, 0.05) is 12.1 Å². The molecular weight excluding hydrogens is 268 g/mol. The van der Waals surface area contributed by atoms with E-state index in [1.54, 1.807) is 11.3 Å². The van der Waals surface area contributed by atoms with Crippen LogP contribution in [0, 0.1) is 13.8 Å². The van der Waals surface area contributed by atoms with Crippen molar-refractivity contribution in [3.8, 4) is 10.6 Å². The molecule has 1 N–H and O–H groups in total. The van der Waals surface area contributed by atoms with Crippen LogP contribution in [0.5, 0.6) is 0 Å². The smallest absolute Gasteiger partial charge is 0.123 e. The molecule has 0 bridgehead atoms. The summed E-state index contributed by atoms with van der Waals surface area (Å²) in [5, 5.41) is 11.3. The first-order valence-electron chi connectivity index (χ1n) is 6.84. The predicted octanol–water partition coefficient (Wildman–Crippen LogP) is 3.41. The third-order valence-corrected chi connectivity index (χ3v) is 4.56. The summed E-state index contributed by atoms with van der Waals surface area (Å²) >= 11 is 1.60. The largest absolute Gasteiger partial charge is 0.387 e. The minimum atomic E-state index is -0.423. The summed E-state index contributed by atoms with van der Waals surface area (Å²) in [6.45, 7) is 4.93. The normalized spacial score (nSPS) is 12.9. The molecule has 0 radical (unpaired) electrons. The van der Waals surface area contributed by atoms with Crippen molar-refractivity contribution in [3.05, 3.63) is 40.4 Å². The highest BCUT2D eigenvalue weighted by molar-refractivity contribution is 7.15. The average molecular weight is 290 g/mol. The zero-order chi connectivity index (χ0) is 14.7. The molecule has 20 heavy (non-hydrogen) atoms. The molecule has 1 atom stereocenters. The number of benzene rings is 1. The zero-order valence-corrected chi connectivity index (χ0v) is 13.4. The summed E-state index contributed by atoms with van der Waals surface area (Å²) in [7, 11) is 4.04. The Balaban J connectivity index is 2.21. The maximum absolute atomic E-state index is 10.3. The SMILES string of the molecule is Cc1cccc(-c2nc(C)c(C(O)CCN(C)C)s2)c1. The van der Waals surface area contributed by atoms with Crippen molar-refractivity contribution in [2.75, 3.05) is 20.6 Å².